The molecule has 0 saturated heterocycles. The Labute approximate surface area is 195 Å². The van der Waals surface area contributed by atoms with Gasteiger partial charge < -0.3 is 14.8 Å². The summed E-state index contributed by atoms with van der Waals surface area (Å²) in [5.41, 5.74) is 5.48. The topological polar surface area (TPSA) is 94.1 Å². The first-order valence-electron chi connectivity index (χ1n) is 10.6. The predicted molar refractivity (Wildman–Crippen MR) is 127 cm³/mol. The minimum absolute atomic E-state index is 0.0369. The van der Waals surface area contributed by atoms with Crippen LogP contribution in [-0.2, 0) is 6.61 Å². The van der Waals surface area contributed by atoms with Crippen molar-refractivity contribution >= 4 is 17.2 Å². The van der Waals surface area contributed by atoms with Crippen LogP contribution >= 0.6 is 11.3 Å². The SMILES string of the molecule is COc1cc2c(cc1-c1cn[nH]c1)-c1c(c(C(=O)NCC(C)(C)C)nn1-c1ccsc1)CO2. The quantitative estimate of drug-likeness (QED) is 0.449. The van der Waals surface area contributed by atoms with Gasteiger partial charge in [0.1, 0.15) is 18.1 Å². The molecule has 1 amide bonds. The Morgan fingerprint density at radius 2 is 2.18 bits per heavy atom. The summed E-state index contributed by atoms with van der Waals surface area (Å²) in [6, 6.07) is 5.88. The second-order valence-corrected chi connectivity index (χ2v) is 9.92. The summed E-state index contributed by atoms with van der Waals surface area (Å²) in [5.74, 6) is 1.17. The molecule has 170 valence electrons. The molecule has 1 aromatic carbocycles. The standard InChI is InChI=1S/C24H25N5O3S/c1-24(2,3)13-25-23(30)21-18-11-32-20-8-19(31-4)16(14-9-26-27-10-14)7-17(20)22(18)29(28-21)15-5-6-33-12-15/h5-10,12H,11,13H2,1-4H3,(H,25,30)(H,26,27). The number of amides is 1. The number of fused-ring (bicyclic) bond motifs is 3. The van der Waals surface area contributed by atoms with Gasteiger partial charge in [-0.1, -0.05) is 20.8 Å². The zero-order valence-corrected chi connectivity index (χ0v) is 19.7. The minimum Gasteiger partial charge on any atom is -0.496 e. The van der Waals surface area contributed by atoms with Crippen LogP contribution in [0.5, 0.6) is 11.5 Å². The van der Waals surface area contributed by atoms with E-state index >= 15 is 0 Å². The van der Waals surface area contributed by atoms with Crippen LogP contribution in [0.1, 0.15) is 36.8 Å². The molecule has 0 saturated carbocycles. The lowest BCUT2D eigenvalue weighted by Crippen LogP contribution is -2.33. The number of carbonyl (C=O) groups is 1. The van der Waals surface area contributed by atoms with Gasteiger partial charge in [0.05, 0.1) is 24.7 Å². The highest BCUT2D eigenvalue weighted by Gasteiger charge is 2.32. The molecule has 9 heteroatoms. The van der Waals surface area contributed by atoms with Crippen LogP contribution < -0.4 is 14.8 Å². The van der Waals surface area contributed by atoms with E-state index in [-0.39, 0.29) is 17.9 Å². The van der Waals surface area contributed by atoms with Crippen molar-refractivity contribution in [3.63, 3.8) is 0 Å². The Hall–Kier alpha value is -3.59. The first-order chi connectivity index (χ1) is 15.9. The summed E-state index contributed by atoms with van der Waals surface area (Å²) in [4.78, 5) is 13.1. The van der Waals surface area contributed by atoms with Crippen molar-refractivity contribution in [3.8, 4) is 39.6 Å². The molecule has 4 aromatic rings. The number of hydrogen-bond acceptors (Lipinski definition) is 6. The monoisotopic (exact) mass is 463 g/mol. The van der Waals surface area contributed by atoms with Gasteiger partial charge in [-0.3, -0.25) is 9.89 Å². The number of carbonyl (C=O) groups excluding carboxylic acids is 1. The van der Waals surface area contributed by atoms with Crippen molar-refractivity contribution in [1.82, 2.24) is 25.3 Å². The van der Waals surface area contributed by atoms with Gasteiger partial charge in [-0.25, -0.2) is 4.68 Å². The molecule has 33 heavy (non-hydrogen) atoms. The molecule has 3 aromatic heterocycles. The molecule has 0 spiro atoms. The number of benzene rings is 1. The summed E-state index contributed by atoms with van der Waals surface area (Å²) in [6.07, 6.45) is 3.56. The first kappa shape index (κ1) is 21.3. The lowest BCUT2D eigenvalue weighted by atomic mass is 9.96. The van der Waals surface area contributed by atoms with E-state index in [1.165, 1.54) is 0 Å². The van der Waals surface area contributed by atoms with Gasteiger partial charge in [-0.2, -0.15) is 21.5 Å². The largest absolute Gasteiger partial charge is 0.496 e. The van der Waals surface area contributed by atoms with Crippen molar-refractivity contribution in [2.24, 2.45) is 5.41 Å². The zero-order chi connectivity index (χ0) is 23.2. The number of nitrogens with one attached hydrogen (secondary N) is 2. The Balaban J connectivity index is 1.68. The van der Waals surface area contributed by atoms with Gasteiger partial charge in [0, 0.05) is 46.4 Å². The highest BCUT2D eigenvalue weighted by molar-refractivity contribution is 7.08. The average Bonchev–Trinajstić information content (AvgIpc) is 3.56. The molecule has 0 atom stereocenters. The van der Waals surface area contributed by atoms with E-state index in [0.717, 1.165) is 33.6 Å². The van der Waals surface area contributed by atoms with Gasteiger partial charge in [-0.05, 0) is 22.9 Å². The van der Waals surface area contributed by atoms with E-state index in [4.69, 9.17) is 14.6 Å². The van der Waals surface area contributed by atoms with Crippen LogP contribution in [0.25, 0.3) is 28.1 Å². The van der Waals surface area contributed by atoms with E-state index in [9.17, 15) is 4.79 Å². The summed E-state index contributed by atoms with van der Waals surface area (Å²) in [7, 11) is 1.63. The maximum atomic E-state index is 13.1. The highest BCUT2D eigenvalue weighted by atomic mass is 32.1. The van der Waals surface area contributed by atoms with Crippen molar-refractivity contribution in [2.45, 2.75) is 27.4 Å². The van der Waals surface area contributed by atoms with E-state index in [0.29, 0.717) is 23.7 Å². The van der Waals surface area contributed by atoms with Crippen LogP contribution in [-0.4, -0.2) is 39.5 Å². The van der Waals surface area contributed by atoms with Crippen molar-refractivity contribution in [1.29, 1.82) is 0 Å². The number of rotatable bonds is 5. The summed E-state index contributed by atoms with van der Waals surface area (Å²) < 4.78 is 13.6. The van der Waals surface area contributed by atoms with Crippen LogP contribution in [0.3, 0.4) is 0 Å². The van der Waals surface area contributed by atoms with Gasteiger partial charge in [0.25, 0.3) is 5.91 Å². The third-order valence-corrected chi connectivity index (χ3v) is 6.14. The van der Waals surface area contributed by atoms with Crippen molar-refractivity contribution in [2.75, 3.05) is 13.7 Å². The third kappa shape index (κ3) is 3.89. The number of hydrogen-bond donors (Lipinski definition) is 2. The number of methoxy groups -OCH3 is 1. The third-order valence-electron chi connectivity index (χ3n) is 5.47. The number of thiophene rings is 1. The molecule has 0 radical (unpaired) electrons. The molecule has 1 aliphatic rings. The number of ether oxygens (including phenoxy) is 2. The van der Waals surface area contributed by atoms with E-state index in [1.807, 2.05) is 39.8 Å². The van der Waals surface area contributed by atoms with Gasteiger partial charge in [0.15, 0.2) is 5.69 Å². The van der Waals surface area contributed by atoms with Crippen LogP contribution in [0, 0.1) is 5.41 Å². The lowest BCUT2D eigenvalue weighted by Gasteiger charge is -2.22. The second-order valence-electron chi connectivity index (χ2n) is 9.14. The number of aromatic amines is 1. The molecule has 4 heterocycles. The van der Waals surface area contributed by atoms with Gasteiger partial charge in [0.2, 0.25) is 0 Å². The molecule has 0 aliphatic carbocycles. The number of nitrogens with zero attached hydrogens (tertiary/aromatic N) is 3. The second kappa shape index (κ2) is 8.08. The maximum absolute atomic E-state index is 13.1. The van der Waals surface area contributed by atoms with Crippen molar-refractivity contribution < 1.29 is 14.3 Å². The normalized spacial score (nSPS) is 12.6. The fourth-order valence-corrected chi connectivity index (χ4v) is 4.46. The van der Waals surface area contributed by atoms with Gasteiger partial charge >= 0.3 is 0 Å². The van der Waals surface area contributed by atoms with Crippen LogP contribution in [0.4, 0.5) is 0 Å². The Kier molecular flexibility index (Phi) is 5.20. The number of H-pyrrole nitrogens is 1. The molecule has 0 fully saturated rings. The maximum Gasteiger partial charge on any atom is 0.272 e. The summed E-state index contributed by atoms with van der Waals surface area (Å²) in [5, 5.41) is 18.7. The Morgan fingerprint density at radius 3 is 2.85 bits per heavy atom. The summed E-state index contributed by atoms with van der Waals surface area (Å²) in [6.45, 7) is 7.04. The van der Waals surface area contributed by atoms with Crippen LogP contribution in [0.15, 0.2) is 41.4 Å². The minimum atomic E-state index is -0.203. The molecule has 8 nitrogen and oxygen atoms in total. The fourth-order valence-electron chi connectivity index (χ4n) is 3.85. The van der Waals surface area contributed by atoms with Crippen molar-refractivity contribution in [3.05, 3.63) is 52.6 Å². The molecule has 0 unspecified atom stereocenters. The van der Waals surface area contributed by atoms with E-state index in [2.05, 4.69) is 36.3 Å². The lowest BCUT2D eigenvalue weighted by molar-refractivity contribution is 0.0931. The highest BCUT2D eigenvalue weighted by Crippen LogP contribution is 2.45. The Bertz CT molecular complexity index is 1300. The molecule has 5 rings (SSSR count). The molecule has 2 N–H and O–H groups in total. The van der Waals surface area contributed by atoms with E-state index in [1.54, 1.807) is 24.6 Å². The number of aromatic nitrogens is 4. The average molecular weight is 464 g/mol. The molecular formula is C24H25N5O3S. The fraction of sp³-hybridized carbons (Fsp3) is 0.292. The van der Waals surface area contributed by atoms with E-state index < -0.39 is 0 Å². The first-order valence-corrected chi connectivity index (χ1v) is 11.6. The summed E-state index contributed by atoms with van der Waals surface area (Å²) >= 11 is 1.58. The molecule has 1 aliphatic heterocycles. The smallest absolute Gasteiger partial charge is 0.272 e. The zero-order valence-electron chi connectivity index (χ0n) is 18.9. The molecule has 0 bridgehead atoms. The van der Waals surface area contributed by atoms with Crippen LogP contribution in [0.2, 0.25) is 0 Å². The Morgan fingerprint density at radius 1 is 1.33 bits per heavy atom. The van der Waals surface area contributed by atoms with Gasteiger partial charge in [-0.15, -0.1) is 0 Å². The molecular weight excluding hydrogens is 438 g/mol. The predicted octanol–water partition coefficient (Wildman–Crippen LogP) is 4.67.